The minimum absolute atomic E-state index is 0.182. The number of aliphatic carboxylic acids is 1. The zero-order valence-electron chi connectivity index (χ0n) is 14.4. The summed E-state index contributed by atoms with van der Waals surface area (Å²) in [5.74, 6) is -1.81. The fourth-order valence-electron chi connectivity index (χ4n) is 1.66. The molecule has 1 atom stereocenters. The number of para-hydroxylation sites is 1. The van der Waals surface area contributed by atoms with E-state index in [1.165, 1.54) is 7.11 Å². The number of hydrogen-bond acceptors (Lipinski definition) is 6. The van der Waals surface area contributed by atoms with Crippen LogP contribution in [0.3, 0.4) is 0 Å². The summed E-state index contributed by atoms with van der Waals surface area (Å²) in [7, 11) is 4.62. The lowest BCUT2D eigenvalue weighted by molar-refractivity contribution is -0.192. The molecule has 0 aliphatic carbocycles. The fourth-order valence-corrected chi connectivity index (χ4v) is 1.66. The summed E-state index contributed by atoms with van der Waals surface area (Å²) in [6, 6.07) is 4.80. The highest BCUT2D eigenvalue weighted by Crippen LogP contribution is 2.30. The first-order valence-electron chi connectivity index (χ1n) is 7.10. The Morgan fingerprint density at radius 3 is 2.23 bits per heavy atom. The minimum atomic E-state index is -5.08. The molecule has 148 valence electrons. The van der Waals surface area contributed by atoms with E-state index in [0.717, 1.165) is 5.56 Å². The molecular weight excluding hydrogens is 361 g/mol. The third kappa shape index (κ3) is 8.03. The molecule has 0 heterocycles. The number of amides is 1. The van der Waals surface area contributed by atoms with E-state index in [1.807, 2.05) is 12.1 Å². The van der Waals surface area contributed by atoms with Crippen molar-refractivity contribution in [1.29, 1.82) is 0 Å². The number of carboxylic acid groups (broad SMARTS) is 1. The average molecular weight is 382 g/mol. The maximum atomic E-state index is 11.7. The van der Waals surface area contributed by atoms with Gasteiger partial charge in [0.25, 0.3) is 0 Å². The van der Waals surface area contributed by atoms with Gasteiger partial charge in [-0.2, -0.15) is 13.2 Å². The summed E-state index contributed by atoms with van der Waals surface area (Å²) in [6.45, 7) is 0.498. The molecular formula is C15H21F3N2O6. The third-order valence-electron chi connectivity index (χ3n) is 2.86. The molecule has 11 heteroatoms. The van der Waals surface area contributed by atoms with Crippen molar-refractivity contribution in [1.82, 2.24) is 5.32 Å². The number of benzene rings is 1. The van der Waals surface area contributed by atoms with Crippen LogP contribution < -0.4 is 20.5 Å². The van der Waals surface area contributed by atoms with Gasteiger partial charge in [0.2, 0.25) is 5.91 Å². The van der Waals surface area contributed by atoms with Crippen molar-refractivity contribution in [2.75, 3.05) is 27.9 Å². The quantitative estimate of drug-likeness (QED) is 0.642. The van der Waals surface area contributed by atoms with Crippen LogP contribution in [-0.2, 0) is 20.9 Å². The Labute approximate surface area is 148 Å². The number of rotatable bonds is 7. The standard InChI is InChI=1S/C13H20N2O4.C2HF3O2/c1-17-8-10(14)13(16)15-7-9-5-4-6-11(18-2)12(9)19-3;3-2(4,5)1(6)7/h4-6,10H,7-8,14H2,1-3H3,(H,15,16);(H,6,7). The second-order valence-electron chi connectivity index (χ2n) is 4.74. The van der Waals surface area contributed by atoms with Crippen LogP contribution in [-0.4, -0.2) is 57.1 Å². The first-order valence-corrected chi connectivity index (χ1v) is 7.10. The molecule has 1 rings (SSSR count). The highest BCUT2D eigenvalue weighted by molar-refractivity contribution is 5.81. The number of carbonyl (C=O) groups excluding carboxylic acids is 1. The van der Waals surface area contributed by atoms with E-state index in [4.69, 9.17) is 29.8 Å². The zero-order chi connectivity index (χ0) is 20.3. The van der Waals surface area contributed by atoms with E-state index in [2.05, 4.69) is 5.32 Å². The van der Waals surface area contributed by atoms with Gasteiger partial charge in [0.1, 0.15) is 6.04 Å². The Morgan fingerprint density at radius 1 is 1.23 bits per heavy atom. The van der Waals surface area contributed by atoms with E-state index in [9.17, 15) is 18.0 Å². The number of hydrogen-bond donors (Lipinski definition) is 3. The predicted octanol–water partition coefficient (Wildman–Crippen LogP) is 0.927. The minimum Gasteiger partial charge on any atom is -0.493 e. The molecule has 8 nitrogen and oxygen atoms in total. The largest absolute Gasteiger partial charge is 0.493 e. The van der Waals surface area contributed by atoms with Crippen molar-refractivity contribution in [2.45, 2.75) is 18.8 Å². The van der Waals surface area contributed by atoms with Crippen molar-refractivity contribution in [3.8, 4) is 11.5 Å². The maximum Gasteiger partial charge on any atom is 0.490 e. The van der Waals surface area contributed by atoms with Gasteiger partial charge in [0.15, 0.2) is 11.5 Å². The Hall–Kier alpha value is -2.53. The summed E-state index contributed by atoms with van der Waals surface area (Å²) in [5, 5.41) is 9.86. The van der Waals surface area contributed by atoms with Gasteiger partial charge in [0.05, 0.1) is 20.8 Å². The SMILES string of the molecule is COCC(N)C(=O)NCc1cccc(OC)c1OC.O=C(O)C(F)(F)F. The molecule has 0 radical (unpaired) electrons. The first-order chi connectivity index (χ1) is 12.1. The molecule has 0 aliphatic rings. The van der Waals surface area contributed by atoms with Gasteiger partial charge in [-0.1, -0.05) is 12.1 Å². The number of carboxylic acids is 1. The molecule has 0 fully saturated rings. The molecule has 4 N–H and O–H groups in total. The van der Waals surface area contributed by atoms with Crippen LogP contribution in [0.25, 0.3) is 0 Å². The molecule has 0 saturated heterocycles. The van der Waals surface area contributed by atoms with Gasteiger partial charge >= 0.3 is 12.1 Å². The third-order valence-corrected chi connectivity index (χ3v) is 2.86. The van der Waals surface area contributed by atoms with Crippen molar-refractivity contribution in [3.63, 3.8) is 0 Å². The van der Waals surface area contributed by atoms with Crippen LogP contribution in [0, 0.1) is 0 Å². The second kappa shape index (κ2) is 11.2. The van der Waals surface area contributed by atoms with Gasteiger partial charge in [-0.25, -0.2) is 4.79 Å². The Morgan fingerprint density at radius 2 is 1.81 bits per heavy atom. The van der Waals surface area contributed by atoms with E-state index in [-0.39, 0.29) is 12.5 Å². The number of halogens is 3. The topological polar surface area (TPSA) is 120 Å². The summed E-state index contributed by atoms with van der Waals surface area (Å²) < 4.78 is 47.0. The zero-order valence-corrected chi connectivity index (χ0v) is 14.4. The molecule has 1 aromatic carbocycles. The number of nitrogens with two attached hydrogens (primary N) is 1. The summed E-state index contributed by atoms with van der Waals surface area (Å²) in [5.41, 5.74) is 6.44. The lowest BCUT2D eigenvalue weighted by Crippen LogP contribution is -2.43. The Balaban J connectivity index is 0.000000758. The van der Waals surface area contributed by atoms with Crippen molar-refractivity contribution in [3.05, 3.63) is 23.8 Å². The Kier molecular flexibility index (Phi) is 10.1. The van der Waals surface area contributed by atoms with E-state index in [0.29, 0.717) is 18.0 Å². The van der Waals surface area contributed by atoms with Crippen LogP contribution in [0.4, 0.5) is 13.2 Å². The Bertz CT molecular complexity index is 595. The average Bonchev–Trinajstić information content (AvgIpc) is 2.58. The predicted molar refractivity (Wildman–Crippen MR) is 84.9 cm³/mol. The first kappa shape index (κ1) is 23.5. The summed E-state index contributed by atoms with van der Waals surface area (Å²) >= 11 is 0. The van der Waals surface area contributed by atoms with Crippen molar-refractivity contribution < 1.29 is 42.1 Å². The number of methoxy groups -OCH3 is 3. The maximum absolute atomic E-state index is 11.7. The van der Waals surface area contributed by atoms with Gasteiger partial charge in [-0.15, -0.1) is 0 Å². The van der Waals surface area contributed by atoms with Crippen LogP contribution in [0.15, 0.2) is 18.2 Å². The highest BCUT2D eigenvalue weighted by atomic mass is 19.4. The van der Waals surface area contributed by atoms with Crippen LogP contribution in [0.1, 0.15) is 5.56 Å². The molecule has 0 aliphatic heterocycles. The van der Waals surface area contributed by atoms with Crippen LogP contribution >= 0.6 is 0 Å². The number of alkyl halides is 3. The summed E-state index contributed by atoms with van der Waals surface area (Å²) in [4.78, 5) is 20.6. The van der Waals surface area contributed by atoms with Crippen molar-refractivity contribution >= 4 is 11.9 Å². The number of nitrogens with one attached hydrogen (secondary N) is 1. The van der Waals surface area contributed by atoms with Gasteiger partial charge in [-0.3, -0.25) is 4.79 Å². The lowest BCUT2D eigenvalue weighted by Gasteiger charge is -2.15. The van der Waals surface area contributed by atoms with Crippen molar-refractivity contribution in [2.24, 2.45) is 5.73 Å². The van der Waals surface area contributed by atoms with Gasteiger partial charge in [-0.05, 0) is 6.07 Å². The molecule has 0 aromatic heterocycles. The van der Waals surface area contributed by atoms with E-state index < -0.39 is 18.2 Å². The van der Waals surface area contributed by atoms with E-state index in [1.54, 1.807) is 20.3 Å². The molecule has 1 unspecified atom stereocenters. The molecule has 0 bridgehead atoms. The molecule has 26 heavy (non-hydrogen) atoms. The fraction of sp³-hybridized carbons (Fsp3) is 0.467. The molecule has 0 spiro atoms. The lowest BCUT2D eigenvalue weighted by atomic mass is 10.1. The highest BCUT2D eigenvalue weighted by Gasteiger charge is 2.38. The van der Waals surface area contributed by atoms with Gasteiger partial charge < -0.3 is 30.4 Å². The number of ether oxygens (including phenoxy) is 3. The molecule has 1 aromatic rings. The van der Waals surface area contributed by atoms with Gasteiger partial charge in [0, 0.05) is 19.2 Å². The molecule has 1 amide bonds. The molecule has 0 saturated carbocycles. The second-order valence-corrected chi connectivity index (χ2v) is 4.74. The van der Waals surface area contributed by atoms with Crippen LogP contribution in [0.5, 0.6) is 11.5 Å². The van der Waals surface area contributed by atoms with E-state index >= 15 is 0 Å². The number of carbonyl (C=O) groups is 2. The smallest absolute Gasteiger partial charge is 0.490 e. The van der Waals surface area contributed by atoms with Crippen LogP contribution in [0.2, 0.25) is 0 Å². The normalized spacial score (nSPS) is 11.7. The summed E-state index contributed by atoms with van der Waals surface area (Å²) in [6.07, 6.45) is -5.08. The monoisotopic (exact) mass is 382 g/mol.